The zero-order valence-corrected chi connectivity index (χ0v) is 14.2. The third-order valence-electron chi connectivity index (χ3n) is 4.33. The Morgan fingerprint density at radius 2 is 2.00 bits per heavy atom. The Labute approximate surface area is 144 Å². The predicted octanol–water partition coefficient (Wildman–Crippen LogP) is 0.633. The van der Waals surface area contributed by atoms with Crippen LogP contribution in [0.15, 0.2) is 18.2 Å². The van der Waals surface area contributed by atoms with Crippen molar-refractivity contribution in [2.75, 3.05) is 33.0 Å². The maximum atomic E-state index is 12.9. The molecule has 2 aliphatic rings. The van der Waals surface area contributed by atoms with Crippen LogP contribution < -0.4 is 10.2 Å². The Morgan fingerprint density at radius 1 is 1.30 bits per heavy atom. The summed E-state index contributed by atoms with van der Waals surface area (Å²) in [7, 11) is 0. The molecule has 2 heterocycles. The molecular formula is C15H18Cl2N3O3+. The van der Waals surface area contributed by atoms with Gasteiger partial charge in [0.05, 0.1) is 13.2 Å². The first kappa shape index (κ1) is 16.5. The van der Waals surface area contributed by atoms with Crippen LogP contribution in [0.5, 0.6) is 0 Å². The van der Waals surface area contributed by atoms with Crippen molar-refractivity contribution in [1.29, 1.82) is 0 Å². The summed E-state index contributed by atoms with van der Waals surface area (Å²) in [4.78, 5) is 27.6. The second-order valence-electron chi connectivity index (χ2n) is 5.93. The Bertz CT molecular complexity index is 649. The molecule has 0 unspecified atom stereocenters. The summed E-state index contributed by atoms with van der Waals surface area (Å²) in [6.07, 6.45) is 0. The third kappa shape index (κ3) is 3.04. The fraction of sp³-hybridized carbons (Fsp3) is 0.467. The second kappa shape index (κ2) is 6.28. The molecule has 0 bridgehead atoms. The number of nitrogens with zero attached hydrogens (tertiary/aromatic N) is 1. The summed E-state index contributed by atoms with van der Waals surface area (Å²) in [5, 5.41) is 3.60. The van der Waals surface area contributed by atoms with E-state index in [0.29, 0.717) is 35.5 Å². The molecule has 23 heavy (non-hydrogen) atoms. The summed E-state index contributed by atoms with van der Waals surface area (Å²) < 4.78 is 5.30. The number of halogens is 2. The van der Waals surface area contributed by atoms with E-state index < -0.39 is 11.6 Å². The van der Waals surface area contributed by atoms with Crippen LogP contribution in [0.25, 0.3) is 0 Å². The third-order valence-corrected chi connectivity index (χ3v) is 4.87. The minimum absolute atomic E-state index is 0.300. The number of quaternary nitrogens is 1. The lowest BCUT2D eigenvalue weighted by Gasteiger charge is -2.27. The van der Waals surface area contributed by atoms with E-state index in [0.717, 1.165) is 18.0 Å². The van der Waals surface area contributed by atoms with Crippen LogP contribution in [-0.4, -0.2) is 49.8 Å². The van der Waals surface area contributed by atoms with Crippen molar-refractivity contribution in [3.8, 4) is 0 Å². The normalized spacial score (nSPS) is 25.8. The second-order valence-corrected chi connectivity index (χ2v) is 6.78. The number of urea groups is 1. The standard InChI is InChI=1S/C15H17Cl2N3O3/c1-15(11-3-2-10(16)8-12(11)17)13(21)20(14(22)18-15)9-19-4-6-23-7-5-19/h2-3,8H,4-7,9H2,1H3,(H,18,22)/p+1/t15-/m0/s1. The molecule has 6 nitrogen and oxygen atoms in total. The molecule has 8 heteroatoms. The van der Waals surface area contributed by atoms with Crippen molar-refractivity contribution < 1.29 is 19.2 Å². The molecule has 1 aromatic rings. The van der Waals surface area contributed by atoms with E-state index >= 15 is 0 Å². The summed E-state index contributed by atoms with van der Waals surface area (Å²) in [6, 6.07) is 4.50. The van der Waals surface area contributed by atoms with Gasteiger partial charge in [-0.05, 0) is 19.1 Å². The van der Waals surface area contributed by atoms with E-state index in [2.05, 4.69) is 5.32 Å². The fourth-order valence-electron chi connectivity index (χ4n) is 2.96. The zero-order chi connectivity index (χ0) is 16.6. The van der Waals surface area contributed by atoms with Crippen LogP contribution >= 0.6 is 23.2 Å². The Morgan fingerprint density at radius 3 is 2.65 bits per heavy atom. The molecule has 124 valence electrons. The minimum Gasteiger partial charge on any atom is -0.370 e. The van der Waals surface area contributed by atoms with Crippen molar-refractivity contribution in [3.05, 3.63) is 33.8 Å². The van der Waals surface area contributed by atoms with Crippen LogP contribution in [0.3, 0.4) is 0 Å². The van der Waals surface area contributed by atoms with Gasteiger partial charge in [0.25, 0.3) is 5.91 Å². The number of carbonyl (C=O) groups excluding carboxylic acids is 2. The SMILES string of the molecule is C[C@@]1(c2ccc(Cl)cc2Cl)NC(=O)N(C[NH+]2CCOCC2)C1=O. The zero-order valence-electron chi connectivity index (χ0n) is 12.7. The molecule has 0 radical (unpaired) electrons. The maximum absolute atomic E-state index is 12.9. The number of morpholine rings is 1. The molecule has 2 fully saturated rings. The monoisotopic (exact) mass is 358 g/mol. The van der Waals surface area contributed by atoms with Crippen LogP contribution in [0, 0.1) is 0 Å². The van der Waals surface area contributed by atoms with Gasteiger partial charge in [-0.15, -0.1) is 0 Å². The lowest BCUT2D eigenvalue weighted by Crippen LogP contribution is -3.15. The minimum atomic E-state index is -1.18. The lowest BCUT2D eigenvalue weighted by atomic mass is 9.92. The van der Waals surface area contributed by atoms with Gasteiger partial charge in [0, 0.05) is 15.6 Å². The highest BCUT2D eigenvalue weighted by Crippen LogP contribution is 2.34. The Kier molecular flexibility index (Phi) is 4.51. The van der Waals surface area contributed by atoms with Gasteiger partial charge in [-0.25, -0.2) is 9.69 Å². The number of rotatable bonds is 3. The predicted molar refractivity (Wildman–Crippen MR) is 85.6 cm³/mol. The lowest BCUT2D eigenvalue weighted by molar-refractivity contribution is -0.915. The van der Waals surface area contributed by atoms with Gasteiger partial charge in [0.15, 0.2) is 6.67 Å². The van der Waals surface area contributed by atoms with Crippen LogP contribution in [0.4, 0.5) is 4.79 Å². The Balaban J connectivity index is 1.84. The van der Waals surface area contributed by atoms with Gasteiger partial charge in [0.1, 0.15) is 18.6 Å². The smallest absolute Gasteiger partial charge is 0.329 e. The van der Waals surface area contributed by atoms with E-state index in [4.69, 9.17) is 27.9 Å². The number of ether oxygens (including phenoxy) is 1. The van der Waals surface area contributed by atoms with Crippen molar-refractivity contribution in [2.45, 2.75) is 12.5 Å². The molecule has 1 aromatic carbocycles. The molecule has 0 aromatic heterocycles. The number of benzene rings is 1. The molecule has 0 saturated carbocycles. The van der Waals surface area contributed by atoms with Crippen molar-refractivity contribution in [1.82, 2.24) is 10.2 Å². The molecule has 0 aliphatic carbocycles. The van der Waals surface area contributed by atoms with Crippen molar-refractivity contribution in [3.63, 3.8) is 0 Å². The van der Waals surface area contributed by atoms with E-state index in [-0.39, 0.29) is 5.91 Å². The number of carbonyl (C=O) groups is 2. The van der Waals surface area contributed by atoms with Gasteiger partial charge in [-0.3, -0.25) is 4.79 Å². The number of imide groups is 1. The van der Waals surface area contributed by atoms with Crippen molar-refractivity contribution >= 4 is 35.1 Å². The summed E-state index contributed by atoms with van der Waals surface area (Å²) >= 11 is 12.1. The van der Waals surface area contributed by atoms with Crippen LogP contribution in [-0.2, 0) is 15.1 Å². The quantitative estimate of drug-likeness (QED) is 0.779. The number of nitrogens with one attached hydrogen (secondary N) is 2. The average Bonchev–Trinajstić information content (AvgIpc) is 2.72. The fourth-order valence-corrected chi connectivity index (χ4v) is 3.56. The van der Waals surface area contributed by atoms with E-state index in [1.807, 2.05) is 0 Å². The van der Waals surface area contributed by atoms with Crippen molar-refractivity contribution in [2.24, 2.45) is 0 Å². The number of hydrogen-bond donors (Lipinski definition) is 2. The largest absolute Gasteiger partial charge is 0.370 e. The molecule has 0 spiro atoms. The first-order valence-electron chi connectivity index (χ1n) is 7.43. The number of amides is 3. The van der Waals surface area contributed by atoms with Crippen LogP contribution in [0.1, 0.15) is 12.5 Å². The van der Waals surface area contributed by atoms with Crippen LogP contribution in [0.2, 0.25) is 10.0 Å². The first-order chi connectivity index (χ1) is 10.9. The molecule has 2 N–H and O–H groups in total. The summed E-state index contributed by atoms with van der Waals surface area (Å²) in [5.41, 5.74) is -0.633. The molecule has 2 saturated heterocycles. The molecule has 2 aliphatic heterocycles. The summed E-state index contributed by atoms with van der Waals surface area (Å²) in [6.45, 7) is 4.81. The summed E-state index contributed by atoms with van der Waals surface area (Å²) in [5.74, 6) is -0.300. The van der Waals surface area contributed by atoms with Gasteiger partial charge < -0.3 is 15.0 Å². The highest BCUT2D eigenvalue weighted by atomic mass is 35.5. The molecule has 3 amide bonds. The molecular weight excluding hydrogens is 341 g/mol. The maximum Gasteiger partial charge on any atom is 0.329 e. The molecule has 3 rings (SSSR count). The van der Waals surface area contributed by atoms with Gasteiger partial charge in [-0.2, -0.15) is 0 Å². The molecule has 1 atom stereocenters. The van der Waals surface area contributed by atoms with E-state index in [1.54, 1.807) is 25.1 Å². The number of hydrogen-bond acceptors (Lipinski definition) is 3. The van der Waals surface area contributed by atoms with E-state index in [9.17, 15) is 9.59 Å². The van der Waals surface area contributed by atoms with Gasteiger partial charge in [0.2, 0.25) is 0 Å². The van der Waals surface area contributed by atoms with Gasteiger partial charge in [-0.1, -0.05) is 29.3 Å². The first-order valence-corrected chi connectivity index (χ1v) is 8.18. The average molecular weight is 359 g/mol. The highest BCUT2D eigenvalue weighted by Gasteiger charge is 2.51. The van der Waals surface area contributed by atoms with E-state index in [1.165, 1.54) is 4.90 Å². The highest BCUT2D eigenvalue weighted by molar-refractivity contribution is 6.35. The van der Waals surface area contributed by atoms with Gasteiger partial charge >= 0.3 is 6.03 Å². The Hall–Kier alpha value is -1.34. The topological polar surface area (TPSA) is 63.1 Å².